The highest BCUT2D eigenvalue weighted by Gasteiger charge is 2.20. The summed E-state index contributed by atoms with van der Waals surface area (Å²) >= 11 is 0. The summed E-state index contributed by atoms with van der Waals surface area (Å²) in [5, 5.41) is 2.27. The molecule has 26 heavy (non-hydrogen) atoms. The highest BCUT2D eigenvalue weighted by atomic mass is 32.2. The second-order valence-corrected chi connectivity index (χ2v) is 7.10. The predicted octanol–water partition coefficient (Wildman–Crippen LogP) is 2.68. The number of aryl methyl sites for hydroxylation is 1. The van der Waals surface area contributed by atoms with E-state index in [4.69, 9.17) is 0 Å². The molecule has 2 N–H and O–H groups in total. The van der Waals surface area contributed by atoms with Crippen molar-refractivity contribution >= 4 is 33.3 Å². The van der Waals surface area contributed by atoms with Crippen LogP contribution in [-0.4, -0.2) is 27.4 Å². The number of carbonyl (C=O) groups is 2. The lowest BCUT2D eigenvalue weighted by atomic mass is 10.1. The first-order valence-electron chi connectivity index (χ1n) is 7.43. The normalized spacial score (nSPS) is 10.9. The zero-order chi connectivity index (χ0) is 19.5. The molecule has 1 amide bonds. The fourth-order valence-electron chi connectivity index (χ4n) is 2.22. The van der Waals surface area contributed by atoms with Crippen molar-refractivity contribution in [1.29, 1.82) is 0 Å². The molecule has 0 spiro atoms. The highest BCUT2D eigenvalue weighted by molar-refractivity contribution is 7.92. The highest BCUT2D eigenvalue weighted by Crippen LogP contribution is 2.24. The molecule has 0 saturated carbocycles. The van der Waals surface area contributed by atoms with Crippen LogP contribution in [0.4, 0.5) is 15.8 Å². The maximum Gasteiger partial charge on any atom is 0.337 e. The summed E-state index contributed by atoms with van der Waals surface area (Å²) < 4.78 is 45.9. The lowest BCUT2D eigenvalue weighted by molar-refractivity contribution is -0.114. The fraction of sp³-hybridized carbons (Fsp3) is 0.176. The van der Waals surface area contributed by atoms with Crippen molar-refractivity contribution in [2.75, 3.05) is 17.1 Å². The van der Waals surface area contributed by atoms with Crippen LogP contribution in [0.15, 0.2) is 41.3 Å². The summed E-state index contributed by atoms with van der Waals surface area (Å²) in [6.07, 6.45) is 0. The summed E-state index contributed by atoms with van der Waals surface area (Å²) in [5.41, 5.74) is 0.390. The van der Waals surface area contributed by atoms with Crippen LogP contribution in [0.5, 0.6) is 0 Å². The van der Waals surface area contributed by atoms with Gasteiger partial charge in [0.1, 0.15) is 5.82 Å². The molecule has 2 aromatic rings. The Kier molecular flexibility index (Phi) is 5.61. The third-order valence-electron chi connectivity index (χ3n) is 3.43. The molecule has 0 fully saturated rings. The van der Waals surface area contributed by atoms with Crippen molar-refractivity contribution in [1.82, 2.24) is 0 Å². The number of hydrogen-bond acceptors (Lipinski definition) is 5. The number of ether oxygens (including phenoxy) is 1. The van der Waals surface area contributed by atoms with Crippen LogP contribution in [0.2, 0.25) is 0 Å². The lowest BCUT2D eigenvalue weighted by Crippen LogP contribution is -2.16. The van der Waals surface area contributed by atoms with E-state index in [9.17, 15) is 22.4 Å². The fourth-order valence-corrected chi connectivity index (χ4v) is 3.54. The van der Waals surface area contributed by atoms with Crippen LogP contribution in [0.1, 0.15) is 22.8 Å². The van der Waals surface area contributed by atoms with Gasteiger partial charge in [-0.1, -0.05) is 6.07 Å². The number of sulfonamides is 1. The Morgan fingerprint density at radius 1 is 1.12 bits per heavy atom. The average Bonchev–Trinajstić information content (AvgIpc) is 2.56. The monoisotopic (exact) mass is 380 g/mol. The summed E-state index contributed by atoms with van der Waals surface area (Å²) in [6.45, 7) is 2.78. The Labute approximate surface area is 150 Å². The minimum atomic E-state index is -4.06. The zero-order valence-electron chi connectivity index (χ0n) is 14.3. The van der Waals surface area contributed by atoms with E-state index in [-0.39, 0.29) is 21.8 Å². The molecule has 0 atom stereocenters. The maximum absolute atomic E-state index is 13.7. The van der Waals surface area contributed by atoms with Gasteiger partial charge >= 0.3 is 5.97 Å². The number of esters is 1. The van der Waals surface area contributed by atoms with Crippen LogP contribution < -0.4 is 10.0 Å². The molecule has 0 heterocycles. The smallest absolute Gasteiger partial charge is 0.337 e. The molecule has 9 heteroatoms. The molecular weight excluding hydrogens is 363 g/mol. The van der Waals surface area contributed by atoms with Crippen LogP contribution in [-0.2, 0) is 19.6 Å². The second-order valence-electron chi connectivity index (χ2n) is 5.45. The Bertz CT molecular complexity index is 973. The number of anilines is 2. The number of benzene rings is 2. The minimum Gasteiger partial charge on any atom is -0.465 e. The van der Waals surface area contributed by atoms with Crippen molar-refractivity contribution in [3.8, 4) is 0 Å². The molecule has 0 bridgehead atoms. The Hall–Kier alpha value is -2.94. The van der Waals surface area contributed by atoms with E-state index in [1.807, 2.05) is 0 Å². The summed E-state index contributed by atoms with van der Waals surface area (Å²) in [6, 6.07) is 7.54. The van der Waals surface area contributed by atoms with Gasteiger partial charge in [-0.2, -0.15) is 0 Å². The number of carbonyl (C=O) groups excluding carboxylic acids is 2. The van der Waals surface area contributed by atoms with Gasteiger partial charge < -0.3 is 10.1 Å². The quantitative estimate of drug-likeness (QED) is 0.777. The average molecular weight is 380 g/mol. The number of methoxy groups -OCH3 is 1. The van der Waals surface area contributed by atoms with E-state index < -0.39 is 27.7 Å². The van der Waals surface area contributed by atoms with Gasteiger partial charge in [0.15, 0.2) is 0 Å². The van der Waals surface area contributed by atoms with E-state index >= 15 is 0 Å². The Morgan fingerprint density at radius 2 is 1.81 bits per heavy atom. The van der Waals surface area contributed by atoms with E-state index in [1.54, 1.807) is 6.92 Å². The molecule has 0 unspecified atom stereocenters. The molecule has 0 aliphatic carbocycles. The largest absolute Gasteiger partial charge is 0.465 e. The number of hydrogen-bond donors (Lipinski definition) is 2. The Morgan fingerprint density at radius 3 is 2.42 bits per heavy atom. The van der Waals surface area contributed by atoms with Gasteiger partial charge in [0.25, 0.3) is 10.0 Å². The molecule has 0 saturated heterocycles. The van der Waals surface area contributed by atoms with Crippen molar-refractivity contribution < 1.29 is 27.1 Å². The van der Waals surface area contributed by atoms with Gasteiger partial charge in [-0.25, -0.2) is 17.6 Å². The van der Waals surface area contributed by atoms with Crippen LogP contribution in [0.3, 0.4) is 0 Å². The number of rotatable bonds is 5. The van der Waals surface area contributed by atoms with E-state index in [2.05, 4.69) is 14.8 Å². The molecule has 2 rings (SSSR count). The molecule has 7 nitrogen and oxygen atoms in total. The van der Waals surface area contributed by atoms with Gasteiger partial charge in [0.05, 0.1) is 28.9 Å². The second kappa shape index (κ2) is 7.52. The topological polar surface area (TPSA) is 102 Å². The van der Waals surface area contributed by atoms with Gasteiger partial charge in [-0.15, -0.1) is 0 Å². The summed E-state index contributed by atoms with van der Waals surface area (Å²) in [5.74, 6) is -1.87. The van der Waals surface area contributed by atoms with Gasteiger partial charge in [-0.05, 0) is 42.8 Å². The molecule has 0 aromatic heterocycles. The van der Waals surface area contributed by atoms with E-state index in [0.717, 1.165) is 12.1 Å². The van der Waals surface area contributed by atoms with Crippen LogP contribution >= 0.6 is 0 Å². The summed E-state index contributed by atoms with van der Waals surface area (Å²) in [4.78, 5) is 22.6. The predicted molar refractivity (Wildman–Crippen MR) is 94.0 cm³/mol. The van der Waals surface area contributed by atoms with Crippen molar-refractivity contribution in [2.24, 2.45) is 0 Å². The maximum atomic E-state index is 13.7. The van der Waals surface area contributed by atoms with Crippen molar-refractivity contribution in [3.63, 3.8) is 0 Å². The molecule has 0 radical (unpaired) electrons. The van der Waals surface area contributed by atoms with Gasteiger partial charge in [0, 0.05) is 6.92 Å². The van der Waals surface area contributed by atoms with Crippen molar-refractivity contribution in [3.05, 3.63) is 53.3 Å². The summed E-state index contributed by atoms with van der Waals surface area (Å²) in [7, 11) is -2.87. The van der Waals surface area contributed by atoms with Crippen molar-refractivity contribution in [2.45, 2.75) is 18.7 Å². The van der Waals surface area contributed by atoms with Crippen LogP contribution in [0.25, 0.3) is 0 Å². The molecular formula is C17H17FN2O5S. The van der Waals surface area contributed by atoms with Crippen LogP contribution in [0, 0.1) is 12.7 Å². The SMILES string of the molecule is COC(=O)c1ccc(C)c(S(=O)(=O)Nc2ccc(F)c(NC(C)=O)c2)c1. The van der Waals surface area contributed by atoms with E-state index in [0.29, 0.717) is 5.56 Å². The number of halogens is 1. The lowest BCUT2D eigenvalue weighted by Gasteiger charge is -2.13. The molecule has 0 aliphatic rings. The number of nitrogens with one attached hydrogen (secondary N) is 2. The first-order chi connectivity index (χ1) is 12.1. The minimum absolute atomic E-state index is 0.0537. The first-order valence-corrected chi connectivity index (χ1v) is 8.91. The van der Waals surface area contributed by atoms with Gasteiger partial charge in [-0.3, -0.25) is 9.52 Å². The zero-order valence-corrected chi connectivity index (χ0v) is 15.1. The van der Waals surface area contributed by atoms with E-state index in [1.165, 1.54) is 38.3 Å². The number of amides is 1. The third kappa shape index (κ3) is 4.37. The third-order valence-corrected chi connectivity index (χ3v) is 4.95. The first kappa shape index (κ1) is 19.4. The van der Waals surface area contributed by atoms with Gasteiger partial charge in [0.2, 0.25) is 5.91 Å². The Balaban J connectivity index is 2.40. The molecule has 2 aromatic carbocycles. The molecule has 0 aliphatic heterocycles. The standard InChI is InChI=1S/C17H17FN2O5S/c1-10-4-5-12(17(22)25-3)8-16(10)26(23,24)20-13-6-7-14(18)15(9-13)19-11(2)21/h4-9,20H,1-3H3,(H,19,21). The molecule has 138 valence electrons.